The van der Waals surface area contributed by atoms with Gasteiger partial charge in [-0.2, -0.15) is 0 Å². The van der Waals surface area contributed by atoms with Gasteiger partial charge in [0, 0.05) is 55.8 Å². The number of aliphatic hydroxyl groups excluding tert-OH is 1. The first kappa shape index (κ1) is 22.0. The third-order valence-electron chi connectivity index (χ3n) is 2.10. The van der Waals surface area contributed by atoms with Crippen molar-refractivity contribution < 1.29 is 19.8 Å². The fraction of sp³-hybridized carbons (Fsp3) is 0.167. The molecule has 0 aliphatic carbocycles. The summed E-state index contributed by atoms with van der Waals surface area (Å²) in [5.74, 6) is -1.81. The number of carbonyl (C=O) groups is 2. The van der Waals surface area contributed by atoms with Crippen LogP contribution < -0.4 is 0 Å². The maximum atomic E-state index is 11.3. The molecule has 0 saturated heterocycles. The molecule has 1 aromatic carbocycles. The van der Waals surface area contributed by atoms with Crippen LogP contribution in [-0.2, 0) is 9.59 Å². The Hall–Kier alpha value is -0.325. The van der Waals surface area contributed by atoms with E-state index in [1.54, 1.807) is 0 Å². The van der Waals surface area contributed by atoms with Crippen LogP contribution in [0.2, 0.25) is 10.0 Å². The number of aliphatic hydroxyl groups is 1. The summed E-state index contributed by atoms with van der Waals surface area (Å²) in [5, 5.41) is 18.7. The van der Waals surface area contributed by atoms with Gasteiger partial charge in [0.05, 0.1) is 16.5 Å². The van der Waals surface area contributed by atoms with Gasteiger partial charge in [-0.1, -0.05) is 23.2 Å². The number of hydrogen-bond donors (Lipinski definition) is 2. The SMILES string of the molecule is O=C(O)CCC(=O)C=C(O)c1ccc(Cl)c(Cl)c1.[Li].[Li]. The van der Waals surface area contributed by atoms with Gasteiger partial charge in [0.1, 0.15) is 5.76 Å². The predicted octanol–water partition coefficient (Wildman–Crippen LogP) is 2.56. The molecule has 0 fully saturated rings. The first-order valence-corrected chi connectivity index (χ1v) is 5.76. The van der Waals surface area contributed by atoms with Crippen LogP contribution in [0.25, 0.3) is 5.76 Å². The summed E-state index contributed by atoms with van der Waals surface area (Å²) in [6.45, 7) is 0. The molecule has 2 N–H and O–H groups in total. The van der Waals surface area contributed by atoms with Crippen LogP contribution in [-0.4, -0.2) is 59.7 Å². The monoisotopic (exact) mass is 302 g/mol. The molecule has 0 heterocycles. The molecule has 0 unspecified atom stereocenters. The van der Waals surface area contributed by atoms with Crippen LogP contribution in [0.3, 0.4) is 0 Å². The van der Waals surface area contributed by atoms with E-state index >= 15 is 0 Å². The van der Waals surface area contributed by atoms with Gasteiger partial charge < -0.3 is 10.2 Å². The molecule has 0 bridgehead atoms. The summed E-state index contributed by atoms with van der Waals surface area (Å²) in [7, 11) is 0. The van der Waals surface area contributed by atoms with E-state index in [4.69, 9.17) is 28.3 Å². The molecule has 8 heteroatoms. The second kappa shape index (κ2) is 10.4. The summed E-state index contributed by atoms with van der Waals surface area (Å²) >= 11 is 11.5. The van der Waals surface area contributed by atoms with E-state index < -0.39 is 11.8 Å². The Morgan fingerprint density at radius 3 is 2.15 bits per heavy atom. The summed E-state index contributed by atoms with van der Waals surface area (Å²) in [5.41, 5.74) is 0.341. The Morgan fingerprint density at radius 1 is 1.05 bits per heavy atom. The van der Waals surface area contributed by atoms with E-state index in [0.29, 0.717) is 10.6 Å². The van der Waals surface area contributed by atoms with Crippen molar-refractivity contribution in [3.8, 4) is 0 Å². The molecule has 98 valence electrons. The van der Waals surface area contributed by atoms with Crippen LogP contribution in [0.1, 0.15) is 18.4 Å². The second-order valence-electron chi connectivity index (χ2n) is 3.52. The number of halogens is 2. The van der Waals surface area contributed by atoms with E-state index in [1.165, 1.54) is 18.2 Å². The van der Waals surface area contributed by atoms with E-state index in [0.717, 1.165) is 6.08 Å². The van der Waals surface area contributed by atoms with Crippen molar-refractivity contribution in [3.05, 3.63) is 39.9 Å². The molecule has 2 radical (unpaired) electrons. The zero-order valence-corrected chi connectivity index (χ0v) is 12.7. The molecular formula is C12H10Cl2Li2O4. The quantitative estimate of drug-likeness (QED) is 0.498. The van der Waals surface area contributed by atoms with Gasteiger partial charge in [-0.05, 0) is 18.2 Å². The number of hydrogen-bond acceptors (Lipinski definition) is 3. The van der Waals surface area contributed by atoms with Crippen LogP contribution in [0, 0.1) is 0 Å². The fourth-order valence-corrected chi connectivity index (χ4v) is 1.49. The first-order chi connectivity index (χ1) is 8.40. The molecule has 0 saturated carbocycles. The Balaban J connectivity index is 0. The fourth-order valence-electron chi connectivity index (χ4n) is 1.19. The van der Waals surface area contributed by atoms with Crippen LogP contribution in [0.15, 0.2) is 24.3 Å². The van der Waals surface area contributed by atoms with Gasteiger partial charge in [-0.15, -0.1) is 0 Å². The van der Waals surface area contributed by atoms with Crippen molar-refractivity contribution >= 4 is 78.4 Å². The smallest absolute Gasteiger partial charge is 0.303 e. The minimum absolute atomic E-state index is 0. The van der Waals surface area contributed by atoms with Gasteiger partial charge in [0.2, 0.25) is 0 Å². The molecule has 0 aromatic heterocycles. The average molecular weight is 303 g/mol. The Kier molecular flexibility index (Phi) is 11.4. The van der Waals surface area contributed by atoms with Crippen molar-refractivity contribution in [2.24, 2.45) is 0 Å². The van der Waals surface area contributed by atoms with Gasteiger partial charge in [-0.3, -0.25) is 9.59 Å². The van der Waals surface area contributed by atoms with Crippen molar-refractivity contribution in [1.29, 1.82) is 0 Å². The molecule has 4 nitrogen and oxygen atoms in total. The molecule has 0 spiro atoms. The van der Waals surface area contributed by atoms with Gasteiger partial charge in [-0.25, -0.2) is 0 Å². The molecule has 0 aliphatic heterocycles. The third kappa shape index (κ3) is 7.46. The zero-order chi connectivity index (χ0) is 13.7. The van der Waals surface area contributed by atoms with Gasteiger partial charge >= 0.3 is 5.97 Å². The minimum atomic E-state index is -1.06. The molecular weight excluding hydrogens is 293 g/mol. The molecule has 0 atom stereocenters. The third-order valence-corrected chi connectivity index (χ3v) is 2.84. The Bertz CT molecular complexity index is 518. The summed E-state index contributed by atoms with van der Waals surface area (Å²) in [6.07, 6.45) is 0.535. The number of rotatable bonds is 5. The number of carbonyl (C=O) groups excluding carboxylic acids is 1. The van der Waals surface area contributed by atoms with Crippen LogP contribution in [0.4, 0.5) is 0 Å². The van der Waals surface area contributed by atoms with E-state index in [2.05, 4.69) is 0 Å². The van der Waals surface area contributed by atoms with Crippen molar-refractivity contribution in [2.75, 3.05) is 0 Å². The number of aliphatic carboxylic acids is 1. The Labute approximate surface area is 150 Å². The minimum Gasteiger partial charge on any atom is -0.507 e. The average Bonchev–Trinajstić information content (AvgIpc) is 2.30. The number of ketones is 1. The summed E-state index contributed by atoms with van der Waals surface area (Å²) < 4.78 is 0. The molecule has 0 amide bonds. The summed E-state index contributed by atoms with van der Waals surface area (Å²) in [6, 6.07) is 4.41. The maximum Gasteiger partial charge on any atom is 0.303 e. The van der Waals surface area contributed by atoms with Crippen molar-refractivity contribution in [1.82, 2.24) is 0 Å². The van der Waals surface area contributed by atoms with E-state index in [9.17, 15) is 14.7 Å². The number of carboxylic acids is 1. The number of carboxylic acid groups (broad SMARTS) is 1. The molecule has 20 heavy (non-hydrogen) atoms. The van der Waals surface area contributed by atoms with Crippen molar-refractivity contribution in [2.45, 2.75) is 12.8 Å². The van der Waals surface area contributed by atoms with Crippen LogP contribution in [0.5, 0.6) is 0 Å². The predicted molar refractivity (Wildman–Crippen MR) is 80.5 cm³/mol. The second-order valence-corrected chi connectivity index (χ2v) is 4.33. The topological polar surface area (TPSA) is 74.6 Å². The van der Waals surface area contributed by atoms with Gasteiger partial charge in [0.15, 0.2) is 5.78 Å². The largest absolute Gasteiger partial charge is 0.507 e. The normalized spacial score (nSPS) is 10.2. The Morgan fingerprint density at radius 2 is 1.65 bits per heavy atom. The summed E-state index contributed by atoms with van der Waals surface area (Å²) in [4.78, 5) is 21.6. The van der Waals surface area contributed by atoms with Crippen molar-refractivity contribution in [3.63, 3.8) is 0 Å². The van der Waals surface area contributed by atoms with E-state index in [-0.39, 0.29) is 61.3 Å². The standard InChI is InChI=1S/C12H10Cl2O4.2Li/c13-9-3-1-7(5-10(9)14)11(16)6-8(15)2-4-12(17)18;;/h1,3,5-6,16H,2,4H2,(H,17,18);;. The maximum absolute atomic E-state index is 11.3. The van der Waals surface area contributed by atoms with E-state index in [1.807, 2.05) is 0 Å². The van der Waals surface area contributed by atoms with Crippen LogP contribution >= 0.6 is 23.2 Å². The molecule has 0 aliphatic rings. The number of allylic oxidation sites excluding steroid dienone is 1. The molecule has 1 rings (SSSR count). The molecule has 1 aromatic rings. The zero-order valence-electron chi connectivity index (χ0n) is 11.2. The number of benzene rings is 1. The van der Waals surface area contributed by atoms with Gasteiger partial charge in [0.25, 0.3) is 0 Å². The first-order valence-electron chi connectivity index (χ1n) is 5.01.